The number of benzene rings is 3. The summed E-state index contributed by atoms with van der Waals surface area (Å²) in [4.78, 5) is 16.9. The van der Waals surface area contributed by atoms with Crippen molar-refractivity contribution in [2.75, 3.05) is 10.6 Å². The number of halogens is 1. The second-order valence-corrected chi connectivity index (χ2v) is 7.27. The lowest BCUT2D eigenvalue weighted by molar-refractivity contribution is 0.102. The van der Waals surface area contributed by atoms with Crippen LogP contribution in [0.2, 0.25) is 5.02 Å². The van der Waals surface area contributed by atoms with Gasteiger partial charge in [-0.1, -0.05) is 48.0 Å². The average Bonchev–Trinajstić information content (AvgIpc) is 3.23. The van der Waals surface area contributed by atoms with Gasteiger partial charge in [0.15, 0.2) is 5.76 Å². The molecule has 4 rings (SSSR count). The van der Waals surface area contributed by atoms with Gasteiger partial charge in [-0.25, -0.2) is 4.98 Å². The van der Waals surface area contributed by atoms with Crippen molar-refractivity contribution in [2.45, 2.75) is 13.5 Å². The third kappa shape index (κ3) is 4.70. The standard InChI is InChI=1S/C24H20ClN3O2/c1-16-10-11-18(24(29)28-20-8-3-2-4-9-20)13-21(16)26-15-23-27-14-22(30-23)17-6-5-7-19(25)12-17/h2-14,26H,15H2,1H3,(H,28,29). The Balaban J connectivity index is 1.45. The summed E-state index contributed by atoms with van der Waals surface area (Å²) in [6, 6.07) is 22.4. The molecular weight excluding hydrogens is 398 g/mol. The lowest BCUT2D eigenvalue weighted by Gasteiger charge is -2.11. The number of hydrogen-bond donors (Lipinski definition) is 2. The van der Waals surface area contributed by atoms with E-state index < -0.39 is 0 Å². The van der Waals surface area contributed by atoms with Crippen molar-refractivity contribution in [1.82, 2.24) is 4.98 Å². The maximum Gasteiger partial charge on any atom is 0.255 e. The molecule has 0 unspecified atom stereocenters. The summed E-state index contributed by atoms with van der Waals surface area (Å²) in [5.41, 5.74) is 4.06. The molecule has 0 spiro atoms. The topological polar surface area (TPSA) is 67.2 Å². The molecule has 0 aliphatic heterocycles. The van der Waals surface area contributed by atoms with Crippen LogP contribution in [0.15, 0.2) is 83.4 Å². The van der Waals surface area contributed by atoms with Gasteiger partial charge in [0, 0.05) is 27.5 Å². The van der Waals surface area contributed by atoms with Crippen molar-refractivity contribution in [3.05, 3.63) is 101 Å². The van der Waals surface area contributed by atoms with E-state index in [4.69, 9.17) is 16.0 Å². The molecule has 5 nitrogen and oxygen atoms in total. The van der Waals surface area contributed by atoms with Crippen LogP contribution < -0.4 is 10.6 Å². The van der Waals surface area contributed by atoms with E-state index in [2.05, 4.69) is 15.6 Å². The Kier molecular flexibility index (Phi) is 5.82. The number of oxazole rings is 1. The van der Waals surface area contributed by atoms with Gasteiger partial charge >= 0.3 is 0 Å². The molecule has 0 bridgehead atoms. The van der Waals surface area contributed by atoms with Gasteiger partial charge in [0.2, 0.25) is 5.89 Å². The molecule has 1 heterocycles. The minimum Gasteiger partial charge on any atom is -0.439 e. The molecule has 0 saturated heterocycles. The van der Waals surface area contributed by atoms with Crippen molar-refractivity contribution in [3.63, 3.8) is 0 Å². The van der Waals surface area contributed by atoms with Gasteiger partial charge in [0.1, 0.15) is 0 Å². The van der Waals surface area contributed by atoms with Crippen LogP contribution in [0.1, 0.15) is 21.8 Å². The van der Waals surface area contributed by atoms with Gasteiger partial charge in [-0.2, -0.15) is 0 Å². The van der Waals surface area contributed by atoms with E-state index in [9.17, 15) is 4.79 Å². The highest BCUT2D eigenvalue weighted by molar-refractivity contribution is 6.30. The molecular formula is C24H20ClN3O2. The summed E-state index contributed by atoms with van der Waals surface area (Å²) in [5.74, 6) is 1.04. The molecule has 3 aromatic carbocycles. The third-order valence-electron chi connectivity index (χ3n) is 4.62. The number of rotatable bonds is 6. The molecule has 0 aliphatic rings. The number of carbonyl (C=O) groups excluding carboxylic acids is 1. The van der Waals surface area contributed by atoms with Gasteiger partial charge in [0.25, 0.3) is 5.91 Å². The minimum atomic E-state index is -0.163. The van der Waals surface area contributed by atoms with E-state index in [1.165, 1.54) is 0 Å². The Bertz CT molecular complexity index is 1170. The molecule has 0 aliphatic carbocycles. The summed E-state index contributed by atoms with van der Waals surface area (Å²) >= 11 is 6.04. The number of nitrogens with one attached hydrogen (secondary N) is 2. The van der Waals surface area contributed by atoms with Crippen molar-refractivity contribution in [2.24, 2.45) is 0 Å². The first-order valence-corrected chi connectivity index (χ1v) is 9.88. The number of aromatic nitrogens is 1. The van der Waals surface area contributed by atoms with Crippen LogP contribution in [0.3, 0.4) is 0 Å². The molecule has 4 aromatic rings. The Hall–Kier alpha value is -3.57. The van der Waals surface area contributed by atoms with Crippen molar-refractivity contribution >= 4 is 28.9 Å². The second-order valence-electron chi connectivity index (χ2n) is 6.83. The summed E-state index contributed by atoms with van der Waals surface area (Å²) < 4.78 is 5.83. The Labute approximate surface area is 179 Å². The van der Waals surface area contributed by atoms with E-state index in [1.807, 2.05) is 73.7 Å². The molecule has 0 saturated carbocycles. The molecule has 0 fully saturated rings. The molecule has 0 atom stereocenters. The SMILES string of the molecule is Cc1ccc(C(=O)Nc2ccccc2)cc1NCc1ncc(-c2cccc(Cl)c2)o1. The number of carbonyl (C=O) groups is 1. The summed E-state index contributed by atoms with van der Waals surface area (Å²) in [6.07, 6.45) is 1.68. The summed E-state index contributed by atoms with van der Waals surface area (Å²) in [5, 5.41) is 6.84. The van der Waals surface area contributed by atoms with Crippen LogP contribution in [0, 0.1) is 6.92 Å². The normalized spacial score (nSPS) is 10.6. The van der Waals surface area contributed by atoms with E-state index in [1.54, 1.807) is 12.3 Å². The monoisotopic (exact) mass is 417 g/mol. The summed E-state index contributed by atoms with van der Waals surface area (Å²) in [7, 11) is 0. The first-order chi connectivity index (χ1) is 14.6. The molecule has 1 aromatic heterocycles. The first-order valence-electron chi connectivity index (χ1n) is 9.50. The quantitative estimate of drug-likeness (QED) is 0.393. The number of aryl methyl sites for hydroxylation is 1. The van der Waals surface area contributed by atoms with Crippen LogP contribution in [0.25, 0.3) is 11.3 Å². The highest BCUT2D eigenvalue weighted by atomic mass is 35.5. The smallest absolute Gasteiger partial charge is 0.255 e. The minimum absolute atomic E-state index is 0.163. The molecule has 30 heavy (non-hydrogen) atoms. The number of hydrogen-bond acceptors (Lipinski definition) is 4. The van der Waals surface area contributed by atoms with Crippen LogP contribution in [-0.2, 0) is 6.54 Å². The van der Waals surface area contributed by atoms with Crippen LogP contribution >= 0.6 is 11.6 Å². The third-order valence-corrected chi connectivity index (χ3v) is 4.86. The number of nitrogens with zero attached hydrogens (tertiary/aromatic N) is 1. The van der Waals surface area contributed by atoms with E-state index in [-0.39, 0.29) is 5.91 Å². The van der Waals surface area contributed by atoms with Gasteiger partial charge in [-0.05, 0) is 48.9 Å². The fourth-order valence-electron chi connectivity index (χ4n) is 3.02. The largest absolute Gasteiger partial charge is 0.439 e. The first kappa shape index (κ1) is 19.7. The molecule has 2 N–H and O–H groups in total. The highest BCUT2D eigenvalue weighted by Crippen LogP contribution is 2.24. The van der Waals surface area contributed by atoms with Crippen LogP contribution in [0.4, 0.5) is 11.4 Å². The van der Waals surface area contributed by atoms with E-state index in [0.29, 0.717) is 28.8 Å². The molecule has 150 valence electrons. The Morgan fingerprint density at radius 3 is 2.67 bits per heavy atom. The lowest BCUT2D eigenvalue weighted by Crippen LogP contribution is -2.12. The molecule has 1 amide bonds. The fourth-order valence-corrected chi connectivity index (χ4v) is 3.21. The number of amides is 1. The van der Waals surface area contributed by atoms with Crippen molar-refractivity contribution in [1.29, 1.82) is 0 Å². The fraction of sp³-hybridized carbons (Fsp3) is 0.0833. The maximum atomic E-state index is 12.6. The van der Waals surface area contributed by atoms with Crippen LogP contribution in [0.5, 0.6) is 0 Å². The van der Waals surface area contributed by atoms with Crippen LogP contribution in [-0.4, -0.2) is 10.9 Å². The predicted molar refractivity (Wildman–Crippen MR) is 120 cm³/mol. The Morgan fingerprint density at radius 2 is 1.87 bits per heavy atom. The van der Waals surface area contributed by atoms with Gasteiger partial charge in [-0.3, -0.25) is 4.79 Å². The maximum absolute atomic E-state index is 12.6. The summed E-state index contributed by atoms with van der Waals surface area (Å²) in [6.45, 7) is 2.37. The van der Waals surface area contributed by atoms with E-state index >= 15 is 0 Å². The number of para-hydroxylation sites is 1. The average molecular weight is 418 g/mol. The lowest BCUT2D eigenvalue weighted by atomic mass is 10.1. The van der Waals surface area contributed by atoms with Gasteiger partial charge < -0.3 is 15.1 Å². The van der Waals surface area contributed by atoms with Gasteiger partial charge in [-0.15, -0.1) is 0 Å². The number of anilines is 2. The highest BCUT2D eigenvalue weighted by Gasteiger charge is 2.11. The Morgan fingerprint density at radius 1 is 1.03 bits per heavy atom. The molecule has 6 heteroatoms. The van der Waals surface area contributed by atoms with E-state index in [0.717, 1.165) is 22.5 Å². The van der Waals surface area contributed by atoms with Crippen molar-refractivity contribution < 1.29 is 9.21 Å². The second kappa shape index (κ2) is 8.84. The zero-order valence-corrected chi connectivity index (χ0v) is 17.1. The predicted octanol–water partition coefficient (Wildman–Crippen LogP) is 6.17. The van der Waals surface area contributed by atoms with Gasteiger partial charge in [0.05, 0.1) is 12.7 Å². The zero-order valence-electron chi connectivity index (χ0n) is 16.4. The van der Waals surface area contributed by atoms with Crippen molar-refractivity contribution in [3.8, 4) is 11.3 Å². The molecule has 0 radical (unpaired) electrons. The zero-order chi connectivity index (χ0) is 20.9.